The summed E-state index contributed by atoms with van der Waals surface area (Å²) in [6.07, 6.45) is 2.18. The van der Waals surface area contributed by atoms with Crippen molar-refractivity contribution < 1.29 is 19.4 Å². The lowest BCUT2D eigenvalue weighted by Crippen LogP contribution is -2.40. The molecule has 5 nitrogen and oxygen atoms in total. The van der Waals surface area contributed by atoms with Crippen molar-refractivity contribution in [2.45, 2.75) is 31.9 Å². The second-order valence-corrected chi connectivity index (χ2v) is 5.05. The summed E-state index contributed by atoms with van der Waals surface area (Å²) in [7, 11) is 1.58. The molecule has 0 spiro atoms. The number of amides is 1. The predicted molar refractivity (Wildman–Crippen MR) is 73.4 cm³/mol. The molecular formula is C15H19NO4. The van der Waals surface area contributed by atoms with Gasteiger partial charge in [0.1, 0.15) is 0 Å². The van der Waals surface area contributed by atoms with Crippen LogP contribution in [0, 0.1) is 5.92 Å². The number of hydrogen-bond donors (Lipinski definition) is 2. The second-order valence-electron chi connectivity index (χ2n) is 5.05. The van der Waals surface area contributed by atoms with E-state index >= 15 is 0 Å². The molecule has 0 saturated heterocycles. The number of ether oxygens (including phenoxy) is 1. The average Bonchev–Trinajstić information content (AvgIpc) is 2.88. The Morgan fingerprint density at radius 2 is 2.10 bits per heavy atom. The highest BCUT2D eigenvalue weighted by Gasteiger charge is 2.34. The van der Waals surface area contributed by atoms with E-state index in [-0.39, 0.29) is 11.9 Å². The van der Waals surface area contributed by atoms with E-state index in [2.05, 4.69) is 5.32 Å². The molecule has 2 unspecified atom stereocenters. The van der Waals surface area contributed by atoms with Gasteiger partial charge in [0.15, 0.2) is 0 Å². The number of carbonyl (C=O) groups is 2. The molecule has 1 aliphatic rings. The molecule has 2 atom stereocenters. The summed E-state index contributed by atoms with van der Waals surface area (Å²) in [5, 5.41) is 12.0. The number of carboxylic acids is 1. The quantitative estimate of drug-likeness (QED) is 0.860. The van der Waals surface area contributed by atoms with Crippen molar-refractivity contribution >= 4 is 11.9 Å². The van der Waals surface area contributed by atoms with Gasteiger partial charge in [0.25, 0.3) is 5.91 Å². The highest BCUT2D eigenvalue weighted by molar-refractivity contribution is 5.96. The summed E-state index contributed by atoms with van der Waals surface area (Å²) in [4.78, 5) is 23.4. The van der Waals surface area contributed by atoms with Gasteiger partial charge in [-0.05, 0) is 24.5 Å². The second kappa shape index (κ2) is 6.52. The lowest BCUT2D eigenvalue weighted by atomic mass is 10.0. The van der Waals surface area contributed by atoms with Crippen LogP contribution in [0.5, 0.6) is 0 Å². The Kier molecular flexibility index (Phi) is 4.74. The van der Waals surface area contributed by atoms with Gasteiger partial charge >= 0.3 is 5.97 Å². The summed E-state index contributed by atoms with van der Waals surface area (Å²) in [5.41, 5.74) is 1.35. The Labute approximate surface area is 117 Å². The number of carboxylic acid groups (broad SMARTS) is 1. The standard InChI is InChI=1S/C15H19NO4/c1-20-9-10-5-2-3-6-11(10)14(17)16-13-8-4-7-12(13)15(18)19/h2-3,5-6,12-13H,4,7-9H2,1H3,(H,16,17)(H,18,19). The van der Waals surface area contributed by atoms with Gasteiger partial charge in [-0.2, -0.15) is 0 Å². The maximum atomic E-state index is 12.3. The maximum absolute atomic E-state index is 12.3. The summed E-state index contributed by atoms with van der Waals surface area (Å²) in [6, 6.07) is 6.92. The van der Waals surface area contributed by atoms with Crippen LogP contribution in [-0.2, 0) is 16.1 Å². The van der Waals surface area contributed by atoms with E-state index in [1.54, 1.807) is 19.2 Å². The van der Waals surface area contributed by atoms with Crippen molar-refractivity contribution in [2.75, 3.05) is 7.11 Å². The van der Waals surface area contributed by atoms with Crippen molar-refractivity contribution in [2.24, 2.45) is 5.92 Å². The Morgan fingerprint density at radius 1 is 1.35 bits per heavy atom. The monoisotopic (exact) mass is 277 g/mol. The zero-order chi connectivity index (χ0) is 14.5. The first-order valence-corrected chi connectivity index (χ1v) is 6.74. The first kappa shape index (κ1) is 14.5. The molecule has 1 aromatic carbocycles. The fraction of sp³-hybridized carbons (Fsp3) is 0.467. The lowest BCUT2D eigenvalue weighted by molar-refractivity contribution is -0.142. The van der Waals surface area contributed by atoms with Gasteiger partial charge < -0.3 is 15.2 Å². The molecule has 0 bridgehead atoms. The van der Waals surface area contributed by atoms with Gasteiger partial charge in [-0.25, -0.2) is 0 Å². The van der Waals surface area contributed by atoms with Crippen molar-refractivity contribution in [3.63, 3.8) is 0 Å². The molecule has 0 heterocycles. The molecule has 1 saturated carbocycles. The fourth-order valence-electron chi connectivity index (χ4n) is 2.70. The number of nitrogens with one attached hydrogen (secondary N) is 1. The summed E-state index contributed by atoms with van der Waals surface area (Å²) in [5.74, 6) is -1.54. The summed E-state index contributed by atoms with van der Waals surface area (Å²) < 4.78 is 5.07. The minimum Gasteiger partial charge on any atom is -0.481 e. The molecule has 1 amide bonds. The van der Waals surface area contributed by atoms with Gasteiger partial charge in [-0.1, -0.05) is 24.6 Å². The predicted octanol–water partition coefficient (Wildman–Crippen LogP) is 1.82. The highest BCUT2D eigenvalue weighted by Crippen LogP contribution is 2.26. The van der Waals surface area contributed by atoms with E-state index in [9.17, 15) is 9.59 Å². The van der Waals surface area contributed by atoms with Crippen molar-refractivity contribution in [1.29, 1.82) is 0 Å². The van der Waals surface area contributed by atoms with Crippen molar-refractivity contribution in [3.05, 3.63) is 35.4 Å². The number of methoxy groups -OCH3 is 1. The van der Waals surface area contributed by atoms with E-state index in [0.29, 0.717) is 18.6 Å². The number of aliphatic carboxylic acids is 1. The van der Waals surface area contributed by atoms with Gasteiger partial charge in [-0.15, -0.1) is 0 Å². The molecule has 1 aliphatic carbocycles. The zero-order valence-electron chi connectivity index (χ0n) is 11.5. The van der Waals surface area contributed by atoms with E-state index in [1.807, 2.05) is 12.1 Å². The SMILES string of the molecule is COCc1ccccc1C(=O)NC1CCCC1C(=O)O. The average molecular weight is 277 g/mol. The summed E-state index contributed by atoms with van der Waals surface area (Å²) in [6.45, 7) is 0.358. The molecule has 0 aliphatic heterocycles. The molecule has 20 heavy (non-hydrogen) atoms. The topological polar surface area (TPSA) is 75.6 Å². The molecule has 108 valence electrons. The van der Waals surface area contributed by atoms with E-state index in [4.69, 9.17) is 9.84 Å². The molecule has 1 aromatic rings. The fourth-order valence-corrected chi connectivity index (χ4v) is 2.70. The Morgan fingerprint density at radius 3 is 2.80 bits per heavy atom. The first-order chi connectivity index (χ1) is 9.63. The molecule has 2 rings (SSSR count). The van der Waals surface area contributed by atoms with E-state index in [1.165, 1.54) is 0 Å². The normalized spacial score (nSPS) is 21.6. The smallest absolute Gasteiger partial charge is 0.308 e. The molecule has 0 aromatic heterocycles. The minimum absolute atomic E-state index is 0.226. The maximum Gasteiger partial charge on any atom is 0.308 e. The third-order valence-electron chi connectivity index (χ3n) is 3.71. The molecule has 0 radical (unpaired) electrons. The van der Waals surface area contributed by atoms with Gasteiger partial charge in [0.2, 0.25) is 0 Å². The van der Waals surface area contributed by atoms with Crippen LogP contribution in [0.2, 0.25) is 0 Å². The molecule has 5 heteroatoms. The largest absolute Gasteiger partial charge is 0.481 e. The van der Waals surface area contributed by atoms with Gasteiger partial charge in [-0.3, -0.25) is 9.59 Å². The van der Waals surface area contributed by atoms with Crippen LogP contribution in [-0.4, -0.2) is 30.1 Å². The zero-order valence-corrected chi connectivity index (χ0v) is 11.5. The van der Waals surface area contributed by atoms with Crippen molar-refractivity contribution in [3.8, 4) is 0 Å². The lowest BCUT2D eigenvalue weighted by Gasteiger charge is -2.18. The first-order valence-electron chi connectivity index (χ1n) is 6.74. The highest BCUT2D eigenvalue weighted by atomic mass is 16.5. The third kappa shape index (κ3) is 3.17. The van der Waals surface area contributed by atoms with Gasteiger partial charge in [0, 0.05) is 18.7 Å². The van der Waals surface area contributed by atoms with E-state index in [0.717, 1.165) is 18.4 Å². The van der Waals surface area contributed by atoms with Gasteiger partial charge in [0.05, 0.1) is 12.5 Å². The van der Waals surface area contributed by atoms with Crippen LogP contribution in [0.3, 0.4) is 0 Å². The van der Waals surface area contributed by atoms with Crippen LogP contribution in [0.15, 0.2) is 24.3 Å². The van der Waals surface area contributed by atoms with Crippen LogP contribution in [0.25, 0.3) is 0 Å². The number of rotatable bonds is 5. The molecule has 2 N–H and O–H groups in total. The summed E-state index contributed by atoms with van der Waals surface area (Å²) >= 11 is 0. The Bertz CT molecular complexity index is 500. The Hall–Kier alpha value is -1.88. The van der Waals surface area contributed by atoms with E-state index < -0.39 is 11.9 Å². The van der Waals surface area contributed by atoms with Crippen LogP contribution >= 0.6 is 0 Å². The van der Waals surface area contributed by atoms with Crippen LogP contribution in [0.1, 0.15) is 35.2 Å². The molecular weight excluding hydrogens is 258 g/mol. The molecule has 1 fully saturated rings. The number of hydrogen-bond acceptors (Lipinski definition) is 3. The number of benzene rings is 1. The minimum atomic E-state index is -0.835. The number of carbonyl (C=O) groups excluding carboxylic acids is 1. The van der Waals surface area contributed by atoms with Crippen LogP contribution in [0.4, 0.5) is 0 Å². The van der Waals surface area contributed by atoms with Crippen LogP contribution < -0.4 is 5.32 Å². The van der Waals surface area contributed by atoms with Crippen molar-refractivity contribution in [1.82, 2.24) is 5.32 Å². The Balaban J connectivity index is 2.10. The third-order valence-corrected chi connectivity index (χ3v) is 3.71.